The molecule has 212 valence electrons. The van der Waals surface area contributed by atoms with Gasteiger partial charge in [0.1, 0.15) is 22.8 Å². The third kappa shape index (κ3) is 4.38. The fraction of sp³-hybridized carbons (Fsp3) is 0.500. The molecule has 13 heteroatoms. The highest BCUT2D eigenvalue weighted by Crippen LogP contribution is 2.56. The summed E-state index contributed by atoms with van der Waals surface area (Å²) in [4.78, 5) is 40.5. The Bertz CT molecular complexity index is 1320. The van der Waals surface area contributed by atoms with Gasteiger partial charge >= 0.3 is 6.18 Å². The van der Waals surface area contributed by atoms with Crippen molar-refractivity contribution in [3.63, 3.8) is 0 Å². The highest BCUT2D eigenvalue weighted by molar-refractivity contribution is 6.24. The second kappa shape index (κ2) is 9.65. The maximum Gasteiger partial charge on any atom is 0.390 e. The molecule has 0 aromatic heterocycles. The molecule has 3 aliphatic carbocycles. The molecule has 0 heterocycles. The highest BCUT2D eigenvalue weighted by Gasteiger charge is 2.64. The third-order valence-electron chi connectivity index (χ3n) is 8.08. The molecule has 5 atom stereocenters. The van der Waals surface area contributed by atoms with Crippen molar-refractivity contribution in [2.45, 2.75) is 50.0 Å². The van der Waals surface area contributed by atoms with Crippen molar-refractivity contribution in [3.05, 3.63) is 45.7 Å². The summed E-state index contributed by atoms with van der Waals surface area (Å²) in [5.41, 5.74) is 1.86. The molecule has 0 radical (unpaired) electrons. The SMILES string of the molecule is C[C@H]1c2ccc(CNCCC(F)(F)F)c(O)c2C(O)=C2C(=O)[C@]3(O)C(O)=C(C(N)=O)C(=O)[C@@H](N(C)C)[C@@H]3C[C@@H]21. The normalized spacial score (nSPS) is 28.9. The molecule has 1 aromatic rings. The van der Waals surface area contributed by atoms with Gasteiger partial charge in [-0.3, -0.25) is 19.3 Å². The predicted molar refractivity (Wildman–Crippen MR) is 131 cm³/mol. The predicted octanol–water partition coefficient (Wildman–Crippen LogP) is 1.57. The van der Waals surface area contributed by atoms with Crippen molar-refractivity contribution in [2.24, 2.45) is 17.6 Å². The molecule has 1 saturated carbocycles. The van der Waals surface area contributed by atoms with E-state index in [2.05, 4.69) is 5.32 Å². The van der Waals surface area contributed by atoms with Crippen LogP contribution in [-0.2, 0) is 20.9 Å². The minimum Gasteiger partial charge on any atom is -0.508 e. The molecule has 0 bridgehead atoms. The number of aromatic hydroxyl groups is 1. The molecule has 0 spiro atoms. The van der Waals surface area contributed by atoms with E-state index in [0.29, 0.717) is 5.56 Å². The van der Waals surface area contributed by atoms with Crippen LogP contribution in [0.4, 0.5) is 13.2 Å². The first-order valence-corrected chi connectivity index (χ1v) is 12.3. The van der Waals surface area contributed by atoms with Gasteiger partial charge in [0.2, 0.25) is 5.78 Å². The lowest BCUT2D eigenvalue weighted by Crippen LogP contribution is -2.65. The highest BCUT2D eigenvalue weighted by atomic mass is 19.4. The number of phenolic OH excluding ortho intramolecular Hbond substituents is 1. The van der Waals surface area contributed by atoms with E-state index in [1.807, 2.05) is 0 Å². The molecule has 10 nitrogen and oxygen atoms in total. The number of rotatable bonds is 6. The van der Waals surface area contributed by atoms with Crippen LogP contribution in [0, 0.1) is 11.8 Å². The van der Waals surface area contributed by atoms with Crippen LogP contribution in [-0.4, -0.2) is 81.3 Å². The molecule has 0 aliphatic heterocycles. The Kier molecular flexibility index (Phi) is 7.07. The summed E-state index contributed by atoms with van der Waals surface area (Å²) in [6, 6.07) is 1.91. The third-order valence-corrected chi connectivity index (χ3v) is 8.08. The van der Waals surface area contributed by atoms with Crippen LogP contribution in [0.5, 0.6) is 5.75 Å². The van der Waals surface area contributed by atoms with E-state index in [0.717, 1.165) is 0 Å². The zero-order valence-electron chi connectivity index (χ0n) is 21.5. The molecule has 3 aliphatic rings. The van der Waals surface area contributed by atoms with E-state index < -0.39 is 88.9 Å². The first-order chi connectivity index (χ1) is 18.0. The number of hydrogen-bond donors (Lipinski definition) is 6. The topological polar surface area (TPSA) is 173 Å². The number of likely N-dealkylation sites (N-methyl/N-ethyl adjacent to an activating group) is 1. The van der Waals surface area contributed by atoms with Crippen LogP contribution in [0.3, 0.4) is 0 Å². The van der Waals surface area contributed by atoms with Crippen LogP contribution in [0.2, 0.25) is 0 Å². The van der Waals surface area contributed by atoms with Gasteiger partial charge in [0.25, 0.3) is 5.91 Å². The van der Waals surface area contributed by atoms with Crippen molar-refractivity contribution in [3.8, 4) is 5.75 Å². The van der Waals surface area contributed by atoms with Crippen LogP contribution < -0.4 is 11.1 Å². The van der Waals surface area contributed by atoms with Gasteiger partial charge in [0.05, 0.1) is 18.0 Å². The number of aliphatic hydroxyl groups is 3. The summed E-state index contributed by atoms with van der Waals surface area (Å²) in [5, 5.41) is 47.3. The minimum absolute atomic E-state index is 0.0472. The molecular weight excluding hydrogens is 523 g/mol. The summed E-state index contributed by atoms with van der Waals surface area (Å²) in [6.07, 6.45) is -5.49. The number of carbonyl (C=O) groups is 3. The fourth-order valence-corrected chi connectivity index (χ4v) is 6.18. The van der Waals surface area contributed by atoms with Crippen LogP contribution in [0.15, 0.2) is 29.0 Å². The number of amides is 1. The van der Waals surface area contributed by atoms with Crippen LogP contribution in [0.25, 0.3) is 5.76 Å². The zero-order chi connectivity index (χ0) is 29.2. The second-order valence-corrected chi connectivity index (χ2v) is 10.5. The number of nitrogens with one attached hydrogen (secondary N) is 1. The lowest BCUT2D eigenvalue weighted by Gasteiger charge is -2.51. The van der Waals surface area contributed by atoms with Crippen LogP contribution in [0.1, 0.15) is 42.4 Å². The number of fused-ring (bicyclic) bond motifs is 3. The lowest BCUT2D eigenvalue weighted by atomic mass is 9.55. The molecule has 7 N–H and O–H groups in total. The Morgan fingerprint density at radius 3 is 2.41 bits per heavy atom. The average Bonchev–Trinajstić information content (AvgIpc) is 2.82. The number of hydrogen-bond acceptors (Lipinski definition) is 9. The summed E-state index contributed by atoms with van der Waals surface area (Å²) >= 11 is 0. The van der Waals surface area contributed by atoms with E-state index >= 15 is 0 Å². The number of halogens is 3. The molecular formula is C26H30F3N3O7. The zero-order valence-corrected chi connectivity index (χ0v) is 21.5. The first kappa shape index (κ1) is 28.6. The monoisotopic (exact) mass is 553 g/mol. The number of aliphatic hydroxyl groups excluding tert-OH is 2. The first-order valence-electron chi connectivity index (χ1n) is 12.3. The summed E-state index contributed by atoms with van der Waals surface area (Å²) in [6.45, 7) is 1.17. The fourth-order valence-electron chi connectivity index (χ4n) is 6.18. The van der Waals surface area contributed by atoms with Crippen molar-refractivity contribution >= 4 is 23.2 Å². The van der Waals surface area contributed by atoms with Gasteiger partial charge in [-0.25, -0.2) is 0 Å². The van der Waals surface area contributed by atoms with Gasteiger partial charge in [-0.05, 0) is 37.9 Å². The number of benzene rings is 1. The number of phenols is 1. The van der Waals surface area contributed by atoms with E-state index in [4.69, 9.17) is 5.73 Å². The standard InChI is InChI=1S/C26H30F3N3O7/c1-10-12-5-4-11(9-31-7-6-25(27,28)29)19(33)15(12)20(34)16-13(10)8-14-18(32(2)3)21(35)17(24(30)38)23(37)26(14,39)22(16)36/h4-5,10,13-14,18,31,33-34,37,39H,6-9H2,1-3H3,(H2,30,38)/t10-,13+,14-,18-,26-/m0/s1. The summed E-state index contributed by atoms with van der Waals surface area (Å²) in [7, 11) is 3.03. The smallest absolute Gasteiger partial charge is 0.390 e. The Morgan fingerprint density at radius 2 is 1.85 bits per heavy atom. The maximum atomic E-state index is 13.9. The molecule has 4 rings (SSSR count). The van der Waals surface area contributed by atoms with Crippen molar-refractivity contribution in [1.82, 2.24) is 10.2 Å². The van der Waals surface area contributed by atoms with Crippen molar-refractivity contribution in [1.29, 1.82) is 0 Å². The Balaban J connectivity index is 1.82. The number of Topliss-reactive ketones (excluding diaryl/α,β-unsaturated/α-hetero) is 2. The largest absolute Gasteiger partial charge is 0.508 e. The Hall–Kier alpha value is -3.42. The van der Waals surface area contributed by atoms with Gasteiger partial charge in [0, 0.05) is 30.1 Å². The van der Waals surface area contributed by atoms with Gasteiger partial charge in [-0.1, -0.05) is 19.1 Å². The van der Waals surface area contributed by atoms with E-state index in [9.17, 15) is 48.0 Å². The number of alkyl halides is 3. The van der Waals surface area contributed by atoms with Crippen molar-refractivity contribution < 1.29 is 48.0 Å². The van der Waals surface area contributed by atoms with Crippen molar-refractivity contribution in [2.75, 3.05) is 20.6 Å². The average molecular weight is 554 g/mol. The Labute approximate surface area is 221 Å². The van der Waals surface area contributed by atoms with Gasteiger partial charge in [-0.2, -0.15) is 13.2 Å². The van der Waals surface area contributed by atoms with E-state index in [1.165, 1.54) is 25.1 Å². The lowest BCUT2D eigenvalue weighted by molar-refractivity contribution is -0.154. The number of primary amides is 1. The van der Waals surface area contributed by atoms with Crippen LogP contribution >= 0.6 is 0 Å². The summed E-state index contributed by atoms with van der Waals surface area (Å²) < 4.78 is 37.4. The molecule has 1 aromatic carbocycles. The number of nitrogens with zero attached hydrogens (tertiary/aromatic N) is 1. The molecule has 0 unspecified atom stereocenters. The molecule has 39 heavy (non-hydrogen) atoms. The molecule has 1 fully saturated rings. The van der Waals surface area contributed by atoms with Gasteiger partial charge < -0.3 is 31.5 Å². The van der Waals surface area contributed by atoms with Gasteiger partial charge in [0.15, 0.2) is 11.4 Å². The van der Waals surface area contributed by atoms with Gasteiger partial charge in [-0.15, -0.1) is 0 Å². The quantitative estimate of drug-likeness (QED) is 0.226. The number of carbonyl (C=O) groups excluding carboxylic acids is 3. The molecule has 0 saturated heterocycles. The number of ketones is 2. The minimum atomic E-state index is -4.36. The van der Waals surface area contributed by atoms with E-state index in [1.54, 1.807) is 13.0 Å². The Morgan fingerprint density at radius 1 is 1.21 bits per heavy atom. The molecule has 1 amide bonds. The number of nitrogens with two attached hydrogens (primary N) is 1. The maximum absolute atomic E-state index is 13.9. The summed E-state index contributed by atoms with van der Waals surface area (Å²) in [5.74, 6) is -8.03. The second-order valence-electron chi connectivity index (χ2n) is 10.5. The van der Waals surface area contributed by atoms with E-state index in [-0.39, 0.29) is 29.7 Å².